The van der Waals surface area contributed by atoms with Crippen LogP contribution in [0.3, 0.4) is 0 Å². The summed E-state index contributed by atoms with van der Waals surface area (Å²) in [6, 6.07) is 5.33. The van der Waals surface area contributed by atoms with Gasteiger partial charge in [-0.3, -0.25) is 15.0 Å². The fourth-order valence-electron chi connectivity index (χ4n) is 2.39. The first-order valence-electron chi connectivity index (χ1n) is 6.47. The maximum atomic E-state index is 10.9. The van der Waals surface area contributed by atoms with Crippen molar-refractivity contribution < 1.29 is 9.66 Å². The molecule has 1 atom stereocenters. The summed E-state index contributed by atoms with van der Waals surface area (Å²) in [6.45, 7) is 5.00. The molecule has 6 nitrogen and oxygen atoms in total. The SMILES string of the molecule is CCC1COCCN1Cc1cccc([N+](=O)[O-])c1N. The van der Waals surface area contributed by atoms with E-state index in [-0.39, 0.29) is 11.4 Å². The van der Waals surface area contributed by atoms with Crippen LogP contribution in [0.4, 0.5) is 11.4 Å². The summed E-state index contributed by atoms with van der Waals surface area (Å²) in [5.74, 6) is 0. The smallest absolute Gasteiger partial charge is 0.292 e. The van der Waals surface area contributed by atoms with E-state index in [0.717, 1.165) is 18.5 Å². The van der Waals surface area contributed by atoms with E-state index < -0.39 is 4.92 Å². The molecule has 0 radical (unpaired) electrons. The summed E-state index contributed by atoms with van der Waals surface area (Å²) in [6.07, 6.45) is 0.995. The van der Waals surface area contributed by atoms with Crippen molar-refractivity contribution in [2.24, 2.45) is 0 Å². The van der Waals surface area contributed by atoms with Crippen molar-refractivity contribution in [3.8, 4) is 0 Å². The fourth-order valence-corrected chi connectivity index (χ4v) is 2.39. The molecule has 0 aromatic heterocycles. The van der Waals surface area contributed by atoms with Crippen LogP contribution < -0.4 is 5.73 Å². The van der Waals surface area contributed by atoms with Crippen molar-refractivity contribution in [2.75, 3.05) is 25.5 Å². The third kappa shape index (κ3) is 3.02. The summed E-state index contributed by atoms with van der Waals surface area (Å²) >= 11 is 0. The molecule has 0 spiro atoms. The first-order valence-corrected chi connectivity index (χ1v) is 6.47. The maximum absolute atomic E-state index is 10.9. The topological polar surface area (TPSA) is 81.6 Å². The van der Waals surface area contributed by atoms with Crippen LogP contribution in [0.15, 0.2) is 18.2 Å². The standard InChI is InChI=1S/C13H19N3O3/c1-2-11-9-19-7-6-15(11)8-10-4-3-5-12(13(10)14)16(17)18/h3-5,11H,2,6-9,14H2,1H3. The van der Waals surface area contributed by atoms with E-state index in [1.54, 1.807) is 6.07 Å². The Labute approximate surface area is 112 Å². The number of para-hydroxylation sites is 1. The summed E-state index contributed by atoms with van der Waals surface area (Å²) < 4.78 is 5.45. The highest BCUT2D eigenvalue weighted by molar-refractivity contribution is 5.62. The molecule has 1 aliphatic rings. The highest BCUT2D eigenvalue weighted by atomic mass is 16.6. The summed E-state index contributed by atoms with van der Waals surface area (Å²) in [4.78, 5) is 12.7. The van der Waals surface area contributed by atoms with Gasteiger partial charge in [0.15, 0.2) is 0 Å². The third-order valence-corrected chi connectivity index (χ3v) is 3.56. The molecular formula is C13H19N3O3. The van der Waals surface area contributed by atoms with Gasteiger partial charge < -0.3 is 10.5 Å². The van der Waals surface area contributed by atoms with Crippen molar-refractivity contribution in [3.63, 3.8) is 0 Å². The molecule has 1 unspecified atom stereocenters. The lowest BCUT2D eigenvalue weighted by atomic mass is 10.1. The molecule has 0 bridgehead atoms. The van der Waals surface area contributed by atoms with Crippen molar-refractivity contribution in [1.29, 1.82) is 0 Å². The average molecular weight is 265 g/mol. The van der Waals surface area contributed by atoms with Crippen LogP contribution >= 0.6 is 0 Å². The van der Waals surface area contributed by atoms with Gasteiger partial charge in [-0.1, -0.05) is 19.1 Å². The Morgan fingerprint density at radius 1 is 1.58 bits per heavy atom. The number of hydrogen-bond acceptors (Lipinski definition) is 5. The maximum Gasteiger partial charge on any atom is 0.292 e. The van der Waals surface area contributed by atoms with E-state index in [2.05, 4.69) is 11.8 Å². The Bertz CT molecular complexity index is 464. The molecule has 19 heavy (non-hydrogen) atoms. The summed E-state index contributed by atoms with van der Waals surface area (Å²) in [5.41, 5.74) is 6.96. The van der Waals surface area contributed by atoms with E-state index in [1.165, 1.54) is 6.07 Å². The molecule has 0 aliphatic carbocycles. The number of nitrogen functional groups attached to an aromatic ring is 1. The molecule has 2 N–H and O–H groups in total. The minimum absolute atomic E-state index is 0.0150. The zero-order valence-electron chi connectivity index (χ0n) is 11.0. The molecule has 6 heteroatoms. The lowest BCUT2D eigenvalue weighted by Gasteiger charge is -2.35. The highest BCUT2D eigenvalue weighted by Gasteiger charge is 2.23. The number of rotatable bonds is 4. The van der Waals surface area contributed by atoms with Gasteiger partial charge >= 0.3 is 0 Å². The number of nitrogens with zero attached hydrogens (tertiary/aromatic N) is 2. The zero-order valence-corrected chi connectivity index (χ0v) is 11.0. The second kappa shape index (κ2) is 5.99. The minimum Gasteiger partial charge on any atom is -0.393 e. The average Bonchev–Trinajstić information content (AvgIpc) is 2.41. The van der Waals surface area contributed by atoms with Gasteiger partial charge in [-0.25, -0.2) is 0 Å². The van der Waals surface area contributed by atoms with Crippen LogP contribution in [0.2, 0.25) is 0 Å². The van der Waals surface area contributed by atoms with E-state index in [1.807, 2.05) is 6.07 Å². The molecular weight excluding hydrogens is 246 g/mol. The quantitative estimate of drug-likeness (QED) is 0.510. The van der Waals surface area contributed by atoms with Gasteiger partial charge in [0.1, 0.15) is 5.69 Å². The molecule has 1 aromatic rings. The summed E-state index contributed by atoms with van der Waals surface area (Å²) in [7, 11) is 0. The Balaban J connectivity index is 2.18. The van der Waals surface area contributed by atoms with Gasteiger partial charge in [-0.05, 0) is 12.0 Å². The summed E-state index contributed by atoms with van der Waals surface area (Å²) in [5, 5.41) is 10.9. The number of nitrogens with two attached hydrogens (primary N) is 1. The minimum atomic E-state index is -0.435. The van der Waals surface area contributed by atoms with Crippen molar-refractivity contribution in [1.82, 2.24) is 4.90 Å². The van der Waals surface area contributed by atoms with Crippen LogP contribution in [0.25, 0.3) is 0 Å². The van der Waals surface area contributed by atoms with E-state index in [4.69, 9.17) is 10.5 Å². The van der Waals surface area contributed by atoms with Crippen LogP contribution in [-0.2, 0) is 11.3 Å². The molecule has 1 aromatic carbocycles. The molecule has 1 aliphatic heterocycles. The molecule has 1 saturated heterocycles. The largest absolute Gasteiger partial charge is 0.393 e. The molecule has 1 heterocycles. The Kier molecular flexibility index (Phi) is 4.34. The van der Waals surface area contributed by atoms with Gasteiger partial charge in [0, 0.05) is 25.2 Å². The normalized spacial score (nSPS) is 20.4. The van der Waals surface area contributed by atoms with Gasteiger partial charge in [0.05, 0.1) is 18.1 Å². The van der Waals surface area contributed by atoms with E-state index in [0.29, 0.717) is 25.8 Å². The lowest BCUT2D eigenvalue weighted by Crippen LogP contribution is -2.44. The monoisotopic (exact) mass is 265 g/mol. The molecule has 2 rings (SSSR count). The van der Waals surface area contributed by atoms with Gasteiger partial charge in [-0.2, -0.15) is 0 Å². The van der Waals surface area contributed by atoms with Crippen LogP contribution in [0, 0.1) is 10.1 Å². The number of morpholine rings is 1. The number of ether oxygens (including phenoxy) is 1. The second-order valence-electron chi connectivity index (χ2n) is 4.71. The van der Waals surface area contributed by atoms with Gasteiger partial charge in [-0.15, -0.1) is 0 Å². The van der Waals surface area contributed by atoms with Gasteiger partial charge in [0.2, 0.25) is 0 Å². The first-order chi connectivity index (χ1) is 9.13. The highest BCUT2D eigenvalue weighted by Crippen LogP contribution is 2.27. The molecule has 104 valence electrons. The lowest BCUT2D eigenvalue weighted by molar-refractivity contribution is -0.384. The molecule has 0 saturated carbocycles. The van der Waals surface area contributed by atoms with Crippen LogP contribution in [0.5, 0.6) is 0 Å². The fraction of sp³-hybridized carbons (Fsp3) is 0.538. The van der Waals surface area contributed by atoms with Crippen LogP contribution in [-0.4, -0.2) is 35.6 Å². The predicted octanol–water partition coefficient (Wildman–Crippen LogP) is 1.79. The molecule has 0 amide bonds. The van der Waals surface area contributed by atoms with Gasteiger partial charge in [0.25, 0.3) is 5.69 Å². The molecule has 1 fully saturated rings. The number of nitro benzene ring substituents is 1. The van der Waals surface area contributed by atoms with Crippen molar-refractivity contribution in [2.45, 2.75) is 25.9 Å². The Morgan fingerprint density at radius 2 is 2.37 bits per heavy atom. The van der Waals surface area contributed by atoms with E-state index in [9.17, 15) is 10.1 Å². The Morgan fingerprint density at radius 3 is 3.05 bits per heavy atom. The predicted molar refractivity (Wildman–Crippen MR) is 72.8 cm³/mol. The third-order valence-electron chi connectivity index (χ3n) is 3.56. The zero-order chi connectivity index (χ0) is 13.8. The Hall–Kier alpha value is -1.66. The van der Waals surface area contributed by atoms with E-state index >= 15 is 0 Å². The number of hydrogen-bond donors (Lipinski definition) is 1. The number of nitro groups is 1. The number of benzene rings is 1. The first kappa shape index (κ1) is 13.8. The van der Waals surface area contributed by atoms with Crippen molar-refractivity contribution >= 4 is 11.4 Å². The second-order valence-corrected chi connectivity index (χ2v) is 4.71. The number of anilines is 1. The van der Waals surface area contributed by atoms with Crippen molar-refractivity contribution in [3.05, 3.63) is 33.9 Å². The van der Waals surface area contributed by atoms with Crippen LogP contribution in [0.1, 0.15) is 18.9 Å².